The molecule has 0 N–H and O–H groups in total. The van der Waals surface area contributed by atoms with Crippen molar-refractivity contribution in [3.63, 3.8) is 0 Å². The van der Waals surface area contributed by atoms with Crippen molar-refractivity contribution in [1.29, 1.82) is 10.5 Å². The lowest BCUT2D eigenvalue weighted by Crippen LogP contribution is -2.69. The van der Waals surface area contributed by atoms with Gasteiger partial charge in [-0.2, -0.15) is 19.1 Å². The molecule has 2 aromatic rings. The van der Waals surface area contributed by atoms with Crippen molar-refractivity contribution in [3.8, 4) is 12.1 Å². The van der Waals surface area contributed by atoms with E-state index in [2.05, 4.69) is 0 Å². The van der Waals surface area contributed by atoms with Gasteiger partial charge in [0.15, 0.2) is 19.7 Å². The van der Waals surface area contributed by atoms with Gasteiger partial charge in [-0.05, 0) is 36.4 Å². The second-order valence-corrected chi connectivity index (χ2v) is 17.4. The largest absolute Gasteiger partial charge is 0.243 e. The first-order valence-electron chi connectivity index (χ1n) is 11.2. The van der Waals surface area contributed by atoms with Crippen molar-refractivity contribution in [2.24, 2.45) is 0 Å². The molecular weight excluding hydrogens is 577 g/mol. The first-order valence-corrected chi connectivity index (χ1v) is 17.7. The zero-order valence-corrected chi connectivity index (χ0v) is 22.7. The van der Waals surface area contributed by atoms with E-state index in [1.165, 1.54) is 36.4 Å². The molecular formula is C22H20N4O8S4. The number of rotatable bonds is 4. The number of sulfonamides is 2. The van der Waals surface area contributed by atoms with Gasteiger partial charge in [-0.15, -0.1) is 0 Å². The van der Waals surface area contributed by atoms with Gasteiger partial charge in [-0.25, -0.2) is 33.7 Å². The number of nitriles is 2. The van der Waals surface area contributed by atoms with Gasteiger partial charge in [0, 0.05) is 0 Å². The first-order chi connectivity index (χ1) is 17.7. The van der Waals surface area contributed by atoms with Gasteiger partial charge < -0.3 is 0 Å². The van der Waals surface area contributed by atoms with Crippen molar-refractivity contribution in [2.75, 3.05) is 23.0 Å². The van der Waals surface area contributed by atoms with Crippen LogP contribution in [0.5, 0.6) is 0 Å². The highest BCUT2D eigenvalue weighted by Crippen LogP contribution is 2.43. The third kappa shape index (κ3) is 4.31. The van der Waals surface area contributed by atoms with Crippen molar-refractivity contribution in [1.82, 2.24) is 8.61 Å². The number of piperazine rings is 1. The van der Waals surface area contributed by atoms with E-state index < -0.39 is 86.9 Å². The molecule has 200 valence electrons. The Morgan fingerprint density at radius 3 is 1.24 bits per heavy atom. The van der Waals surface area contributed by atoms with Crippen LogP contribution in [0.1, 0.15) is 11.1 Å². The number of fused-ring (bicyclic) bond motifs is 2. The van der Waals surface area contributed by atoms with Gasteiger partial charge in [-0.1, -0.05) is 12.1 Å². The lowest BCUT2D eigenvalue weighted by molar-refractivity contribution is 0.0841. The maximum absolute atomic E-state index is 13.9. The lowest BCUT2D eigenvalue weighted by atomic mass is 10.0. The monoisotopic (exact) mass is 596 g/mol. The maximum atomic E-state index is 13.9. The molecule has 38 heavy (non-hydrogen) atoms. The molecule has 3 saturated heterocycles. The minimum atomic E-state index is -4.56. The van der Waals surface area contributed by atoms with Crippen LogP contribution in [0.3, 0.4) is 0 Å². The van der Waals surface area contributed by atoms with E-state index in [9.17, 15) is 44.2 Å². The molecule has 0 aliphatic carbocycles. The molecule has 0 unspecified atom stereocenters. The van der Waals surface area contributed by atoms with Crippen LogP contribution in [-0.2, 0) is 39.7 Å². The van der Waals surface area contributed by atoms with Crippen LogP contribution in [0.15, 0.2) is 58.3 Å². The molecule has 16 heteroatoms. The van der Waals surface area contributed by atoms with E-state index in [0.29, 0.717) is 0 Å². The third-order valence-corrected chi connectivity index (χ3v) is 14.3. The standard InChI is InChI=1S/C22H20N4O8S4/c23-9-15-3-1-5-17(7-15)37(31,32)25-19-11-35(27,28)13-21(19)26(22-14-36(29,30)12-20(22)25)38(33,34)18-6-2-4-16(8-18)10-24/h1-8,19-22H,11-14H2/t19-,20-,21-,22+/m0/s1. The molecule has 3 aliphatic rings. The summed E-state index contributed by atoms with van der Waals surface area (Å²) in [7, 11) is -17.0. The van der Waals surface area contributed by atoms with Crippen molar-refractivity contribution in [3.05, 3.63) is 59.7 Å². The summed E-state index contributed by atoms with van der Waals surface area (Å²) in [4.78, 5) is -0.665. The molecule has 3 fully saturated rings. The number of sulfone groups is 2. The summed E-state index contributed by atoms with van der Waals surface area (Å²) in [6, 6.07) is 8.10. The molecule has 5 rings (SSSR count). The Morgan fingerprint density at radius 1 is 0.632 bits per heavy atom. The molecule has 12 nitrogen and oxygen atoms in total. The molecule has 0 radical (unpaired) electrons. The van der Waals surface area contributed by atoms with E-state index >= 15 is 0 Å². The van der Waals surface area contributed by atoms with E-state index in [4.69, 9.17) is 0 Å². The Bertz CT molecular complexity index is 1690. The fraction of sp³-hybridized carbons (Fsp3) is 0.364. The van der Waals surface area contributed by atoms with Crippen LogP contribution in [0.25, 0.3) is 0 Å². The number of nitrogens with zero attached hydrogens (tertiary/aromatic N) is 4. The predicted molar refractivity (Wildman–Crippen MR) is 133 cm³/mol. The third-order valence-electron chi connectivity index (χ3n) is 6.97. The summed E-state index contributed by atoms with van der Waals surface area (Å²) in [6.45, 7) is 0. The summed E-state index contributed by atoms with van der Waals surface area (Å²) in [5.74, 6) is -2.82. The highest BCUT2D eigenvalue weighted by molar-refractivity contribution is 7.93. The van der Waals surface area contributed by atoms with Crippen LogP contribution in [-0.4, -0.2) is 89.5 Å². The van der Waals surface area contributed by atoms with Gasteiger partial charge in [-0.3, -0.25) is 0 Å². The molecule has 0 saturated carbocycles. The molecule has 3 heterocycles. The Labute approximate surface area is 220 Å². The van der Waals surface area contributed by atoms with Crippen LogP contribution in [0, 0.1) is 22.7 Å². The van der Waals surface area contributed by atoms with Gasteiger partial charge in [0.05, 0.1) is 80.2 Å². The molecule has 0 bridgehead atoms. The summed E-state index contributed by atoms with van der Waals surface area (Å²) in [5.41, 5.74) is 0.0479. The summed E-state index contributed by atoms with van der Waals surface area (Å²) in [5, 5.41) is 18.5. The number of hydrogen-bond acceptors (Lipinski definition) is 10. The van der Waals surface area contributed by atoms with E-state index in [1.807, 2.05) is 12.1 Å². The van der Waals surface area contributed by atoms with Gasteiger partial charge in [0.1, 0.15) is 0 Å². The molecule has 3 aliphatic heterocycles. The highest BCUT2D eigenvalue weighted by atomic mass is 32.2. The Balaban J connectivity index is 1.72. The average Bonchev–Trinajstić information content (AvgIpc) is 3.34. The van der Waals surface area contributed by atoms with E-state index in [0.717, 1.165) is 20.7 Å². The summed E-state index contributed by atoms with van der Waals surface area (Å²) >= 11 is 0. The van der Waals surface area contributed by atoms with E-state index in [1.54, 1.807) is 0 Å². The molecule has 0 aromatic heterocycles. The minimum Gasteiger partial charge on any atom is -0.229 e. The van der Waals surface area contributed by atoms with Crippen molar-refractivity contribution < 1.29 is 33.7 Å². The van der Waals surface area contributed by atoms with Crippen LogP contribution < -0.4 is 0 Å². The van der Waals surface area contributed by atoms with Gasteiger partial charge in [0.25, 0.3) is 0 Å². The van der Waals surface area contributed by atoms with E-state index in [-0.39, 0.29) is 20.9 Å². The van der Waals surface area contributed by atoms with Crippen LogP contribution in [0.4, 0.5) is 0 Å². The molecule has 0 amide bonds. The first kappa shape index (κ1) is 26.7. The van der Waals surface area contributed by atoms with Crippen LogP contribution in [0.2, 0.25) is 0 Å². The average molecular weight is 597 g/mol. The molecule has 0 spiro atoms. The SMILES string of the molecule is N#Cc1cccc(S(=O)(=O)N2[C@@H]3CS(=O)(=O)C[C@@H]3N(S(=O)(=O)c3cccc(C#N)c3)[C@H]3CS(=O)(=O)C[C@@H]32)c1. The zero-order chi connectivity index (χ0) is 27.7. The lowest BCUT2D eigenvalue weighted by Gasteiger charge is -2.48. The normalized spacial score (nSPS) is 28.6. The van der Waals surface area contributed by atoms with Gasteiger partial charge in [0.2, 0.25) is 20.0 Å². The second kappa shape index (κ2) is 8.84. The van der Waals surface area contributed by atoms with Crippen molar-refractivity contribution in [2.45, 2.75) is 34.0 Å². The zero-order valence-electron chi connectivity index (χ0n) is 19.4. The molecule has 2 aromatic carbocycles. The van der Waals surface area contributed by atoms with Crippen LogP contribution >= 0.6 is 0 Å². The summed E-state index contributed by atoms with van der Waals surface area (Å²) in [6.07, 6.45) is 0. The fourth-order valence-corrected chi connectivity index (χ4v) is 13.6. The Hall–Kier alpha value is -2.86. The maximum Gasteiger partial charge on any atom is 0.243 e. The number of hydrogen-bond donors (Lipinski definition) is 0. The second-order valence-electron chi connectivity index (χ2n) is 9.37. The van der Waals surface area contributed by atoms with Crippen molar-refractivity contribution >= 4 is 39.7 Å². The minimum absolute atomic E-state index is 0.0239. The molecule has 4 atom stereocenters. The Kier molecular flexibility index (Phi) is 6.22. The Morgan fingerprint density at radius 2 is 0.947 bits per heavy atom. The smallest absolute Gasteiger partial charge is 0.229 e. The fourth-order valence-electron chi connectivity index (χ4n) is 5.49. The number of benzene rings is 2. The highest BCUT2D eigenvalue weighted by Gasteiger charge is 2.63. The summed E-state index contributed by atoms with van der Waals surface area (Å²) < 4.78 is 109. The topological polar surface area (TPSA) is 191 Å². The predicted octanol–water partition coefficient (Wildman–Crippen LogP) is -0.544. The van der Waals surface area contributed by atoms with Gasteiger partial charge >= 0.3 is 0 Å². The quantitative estimate of drug-likeness (QED) is 0.443.